The topological polar surface area (TPSA) is 50.4 Å². The van der Waals surface area contributed by atoms with Crippen LogP contribution in [0.1, 0.15) is 5.56 Å². The van der Waals surface area contributed by atoms with E-state index in [0.29, 0.717) is 4.59 Å². The lowest BCUT2D eigenvalue weighted by Crippen LogP contribution is -2.55. The number of aliphatic imine (C=N–C) groups is 1. The highest BCUT2D eigenvalue weighted by Gasteiger charge is 2.43. The molecule has 0 saturated carbocycles. The molecule has 0 radical (unpaired) electrons. The van der Waals surface area contributed by atoms with Crippen LogP contribution < -0.4 is 11.2 Å². The molecule has 1 aromatic rings. The number of benzene rings is 1. The Kier molecular flexibility index (Phi) is 4.40. The summed E-state index contributed by atoms with van der Waals surface area (Å²) >= 11 is 0. The Morgan fingerprint density at radius 3 is 2.61 bits per heavy atom. The molecule has 3 rings (SSSR count). The van der Waals surface area contributed by atoms with Gasteiger partial charge in [-0.25, -0.2) is 5.43 Å². The van der Waals surface area contributed by atoms with Crippen LogP contribution in [-0.4, -0.2) is 10.4 Å². The number of fused-ring (bicyclic) bond motifs is 1. The number of amidine groups is 1. The molecule has 2 aliphatic rings. The van der Waals surface area contributed by atoms with Crippen LogP contribution in [0, 0.1) is 0 Å². The highest BCUT2D eigenvalue weighted by Crippen LogP contribution is 2.26. The molecule has 1 aromatic carbocycles. The van der Waals surface area contributed by atoms with E-state index >= 15 is 0 Å². The Morgan fingerprint density at radius 2 is 1.89 bits per heavy atom. The minimum absolute atomic E-state index is 0. The predicted octanol–water partition coefficient (Wildman–Crippen LogP) is 2.05. The molecule has 0 bridgehead atoms. The summed E-state index contributed by atoms with van der Waals surface area (Å²) in [6.07, 6.45) is 5.57. The van der Waals surface area contributed by atoms with Crippen LogP contribution in [0.25, 0.3) is 0 Å². The molecule has 0 fully saturated rings. The Hall–Kier alpha value is -1.49. The molecular formula is C12H15Cl2N4+. The third-order valence-electron chi connectivity index (χ3n) is 2.95. The largest absolute Gasteiger partial charge is 0.351 e. The molecule has 6 heteroatoms. The van der Waals surface area contributed by atoms with Gasteiger partial charge in [-0.2, -0.15) is 4.99 Å². The van der Waals surface area contributed by atoms with Gasteiger partial charge < -0.3 is 5.73 Å². The first-order chi connectivity index (χ1) is 7.81. The van der Waals surface area contributed by atoms with Crippen molar-refractivity contribution in [2.75, 3.05) is 0 Å². The molecule has 0 spiro atoms. The lowest BCUT2D eigenvalue weighted by molar-refractivity contribution is -0.851. The number of rotatable bonds is 2. The lowest BCUT2D eigenvalue weighted by Gasteiger charge is -2.28. The minimum Gasteiger partial charge on any atom is -0.351 e. The van der Waals surface area contributed by atoms with E-state index < -0.39 is 0 Å². The van der Waals surface area contributed by atoms with E-state index in [9.17, 15) is 0 Å². The number of halogens is 2. The van der Waals surface area contributed by atoms with Gasteiger partial charge in [-0.15, -0.1) is 29.4 Å². The predicted molar refractivity (Wildman–Crippen MR) is 76.9 cm³/mol. The van der Waals surface area contributed by atoms with E-state index in [1.807, 2.05) is 30.5 Å². The first kappa shape index (κ1) is 14.6. The van der Waals surface area contributed by atoms with Gasteiger partial charge in [0.1, 0.15) is 12.7 Å². The van der Waals surface area contributed by atoms with Crippen molar-refractivity contribution >= 4 is 30.6 Å². The summed E-state index contributed by atoms with van der Waals surface area (Å²) in [4.78, 5) is 4.30. The Bertz CT molecular complexity index is 510. The van der Waals surface area contributed by atoms with Gasteiger partial charge >= 0.3 is 0 Å². The van der Waals surface area contributed by atoms with Crippen molar-refractivity contribution in [2.45, 2.75) is 6.54 Å². The quantitative estimate of drug-likeness (QED) is 0.817. The van der Waals surface area contributed by atoms with Crippen molar-refractivity contribution in [3.8, 4) is 0 Å². The van der Waals surface area contributed by atoms with Crippen molar-refractivity contribution in [3.63, 3.8) is 0 Å². The Morgan fingerprint density at radius 1 is 1.17 bits per heavy atom. The number of quaternary nitrogens is 1. The molecule has 0 saturated heterocycles. The van der Waals surface area contributed by atoms with Gasteiger partial charge in [-0.1, -0.05) is 30.3 Å². The second-order valence-corrected chi connectivity index (χ2v) is 3.96. The minimum atomic E-state index is 0. The van der Waals surface area contributed by atoms with Crippen molar-refractivity contribution in [1.29, 1.82) is 0 Å². The van der Waals surface area contributed by atoms with Crippen molar-refractivity contribution in [3.05, 3.63) is 60.2 Å². The summed E-state index contributed by atoms with van der Waals surface area (Å²) in [6, 6.07) is 10.3. The molecule has 1 unspecified atom stereocenters. The fourth-order valence-electron chi connectivity index (χ4n) is 2.09. The monoisotopic (exact) mass is 285 g/mol. The van der Waals surface area contributed by atoms with Crippen LogP contribution in [0.15, 0.2) is 59.6 Å². The number of hydrogen-bond acceptors (Lipinski definition) is 3. The second kappa shape index (κ2) is 5.44. The maximum Gasteiger partial charge on any atom is 0.261 e. The molecule has 4 nitrogen and oxygen atoms in total. The first-order valence-corrected chi connectivity index (χ1v) is 5.22. The molecule has 0 amide bonds. The third kappa shape index (κ3) is 2.10. The average molecular weight is 286 g/mol. The first-order valence-electron chi connectivity index (χ1n) is 5.22. The zero-order valence-electron chi connectivity index (χ0n) is 9.61. The number of nitrogens with two attached hydrogens (primary N) is 1. The summed E-state index contributed by atoms with van der Waals surface area (Å²) in [6.45, 7) is 0.773. The van der Waals surface area contributed by atoms with Gasteiger partial charge in [0.2, 0.25) is 5.82 Å². The molecule has 3 N–H and O–H groups in total. The van der Waals surface area contributed by atoms with Crippen LogP contribution >= 0.6 is 24.8 Å². The third-order valence-corrected chi connectivity index (χ3v) is 2.95. The molecular weight excluding hydrogens is 271 g/mol. The van der Waals surface area contributed by atoms with Crippen LogP contribution in [0.2, 0.25) is 0 Å². The number of nitrogens with zero attached hydrogens (tertiary/aromatic N) is 2. The van der Waals surface area contributed by atoms with Gasteiger partial charge in [0.25, 0.3) is 5.84 Å². The summed E-state index contributed by atoms with van der Waals surface area (Å²) in [7, 11) is 0. The van der Waals surface area contributed by atoms with E-state index in [-0.39, 0.29) is 24.8 Å². The lowest BCUT2D eigenvalue weighted by atomic mass is 10.2. The number of nitrogens with one attached hydrogen (secondary N) is 1. The normalized spacial score (nSPS) is 23.1. The zero-order chi connectivity index (χ0) is 11.0. The van der Waals surface area contributed by atoms with Crippen LogP contribution in [-0.2, 0) is 6.54 Å². The van der Waals surface area contributed by atoms with Crippen LogP contribution in [0.5, 0.6) is 0 Å². The van der Waals surface area contributed by atoms with Crippen molar-refractivity contribution in [1.82, 2.24) is 5.43 Å². The number of hydrogen-bond donors (Lipinski definition) is 2. The summed E-state index contributed by atoms with van der Waals surface area (Å²) in [5, 5.41) is 0. The van der Waals surface area contributed by atoms with Crippen LogP contribution in [0.3, 0.4) is 0 Å². The van der Waals surface area contributed by atoms with Gasteiger partial charge in [0, 0.05) is 11.6 Å². The fourth-order valence-corrected chi connectivity index (χ4v) is 2.09. The van der Waals surface area contributed by atoms with E-state index in [0.717, 1.165) is 18.2 Å². The molecule has 0 aliphatic carbocycles. The SMILES string of the molecule is Cl.Cl.NC1=CN=C2C=CN[N+]12Cc1ccccc1. The van der Waals surface area contributed by atoms with Crippen LogP contribution in [0.4, 0.5) is 0 Å². The van der Waals surface area contributed by atoms with E-state index in [1.165, 1.54) is 5.56 Å². The fraction of sp³-hybridized carbons (Fsp3) is 0.0833. The summed E-state index contributed by atoms with van der Waals surface area (Å²) in [5.41, 5.74) is 10.5. The van der Waals surface area contributed by atoms with E-state index in [2.05, 4.69) is 22.6 Å². The molecule has 1 atom stereocenters. The molecule has 96 valence electrons. The van der Waals surface area contributed by atoms with Crippen molar-refractivity contribution in [2.24, 2.45) is 10.7 Å². The highest BCUT2D eigenvalue weighted by molar-refractivity contribution is 5.90. The van der Waals surface area contributed by atoms with Gasteiger partial charge in [-0.3, -0.25) is 0 Å². The van der Waals surface area contributed by atoms with E-state index in [1.54, 1.807) is 6.20 Å². The maximum absolute atomic E-state index is 6.02. The smallest absolute Gasteiger partial charge is 0.261 e. The summed E-state index contributed by atoms with van der Waals surface area (Å²) in [5.74, 6) is 1.67. The maximum atomic E-state index is 6.02. The van der Waals surface area contributed by atoms with Gasteiger partial charge in [0.15, 0.2) is 0 Å². The summed E-state index contributed by atoms with van der Waals surface area (Å²) < 4.78 is 0.421. The second-order valence-electron chi connectivity index (χ2n) is 3.96. The van der Waals surface area contributed by atoms with Gasteiger partial charge in [-0.05, 0) is 0 Å². The van der Waals surface area contributed by atoms with Crippen molar-refractivity contribution < 1.29 is 4.59 Å². The molecule has 18 heavy (non-hydrogen) atoms. The molecule has 2 heterocycles. The highest BCUT2D eigenvalue weighted by atomic mass is 35.5. The average Bonchev–Trinajstić information content (AvgIpc) is 2.82. The van der Waals surface area contributed by atoms with Gasteiger partial charge in [0.05, 0.1) is 6.20 Å². The standard InChI is InChI=1S/C12H13N4.2ClH/c13-11-8-14-12-6-7-15-16(11,12)9-10-4-2-1-3-5-10;;/h1-8,15H,9,13H2;2*1H/q+1;;. The molecule has 2 aliphatic heterocycles. The Labute approximate surface area is 118 Å². The zero-order valence-corrected chi connectivity index (χ0v) is 11.2. The Balaban J connectivity index is 0.000000810. The molecule has 0 aromatic heterocycles. The van der Waals surface area contributed by atoms with E-state index in [4.69, 9.17) is 5.73 Å².